The van der Waals surface area contributed by atoms with Gasteiger partial charge in [0, 0.05) is 29.3 Å². The van der Waals surface area contributed by atoms with E-state index in [-0.39, 0.29) is 5.91 Å². The Hall–Kier alpha value is -2.27. The van der Waals surface area contributed by atoms with E-state index in [0.717, 1.165) is 16.5 Å². The zero-order chi connectivity index (χ0) is 13.2. The maximum Gasteiger partial charge on any atom is 0.253 e. The molecule has 0 bridgehead atoms. The van der Waals surface area contributed by atoms with Crippen LogP contribution in [0.1, 0.15) is 15.9 Å². The Morgan fingerprint density at radius 3 is 3.05 bits per heavy atom. The first-order valence-corrected chi connectivity index (χ1v) is 6.84. The second-order valence-corrected chi connectivity index (χ2v) is 5.10. The number of aromatic amines is 1. The number of benzene rings is 1. The van der Waals surface area contributed by atoms with Crippen molar-refractivity contribution in [3.63, 3.8) is 0 Å². The molecule has 0 unspecified atom stereocenters. The van der Waals surface area contributed by atoms with E-state index in [1.54, 1.807) is 17.5 Å². The molecule has 0 atom stereocenters. The molecule has 1 amide bonds. The fourth-order valence-corrected chi connectivity index (χ4v) is 2.67. The van der Waals surface area contributed by atoms with Crippen LogP contribution in [0.4, 0.5) is 5.69 Å². The maximum absolute atomic E-state index is 12.2. The SMILES string of the molecule is Nc1ccc2[nH]cc(C(=O)NCc3ccsc3)c2c1. The first-order chi connectivity index (χ1) is 9.24. The van der Waals surface area contributed by atoms with Crippen molar-refractivity contribution >= 4 is 33.8 Å². The number of hydrogen-bond acceptors (Lipinski definition) is 3. The van der Waals surface area contributed by atoms with Gasteiger partial charge in [-0.2, -0.15) is 11.3 Å². The molecule has 0 aliphatic carbocycles. The lowest BCUT2D eigenvalue weighted by Crippen LogP contribution is -2.22. The summed E-state index contributed by atoms with van der Waals surface area (Å²) in [5.41, 5.74) is 9.05. The summed E-state index contributed by atoms with van der Waals surface area (Å²) >= 11 is 1.62. The van der Waals surface area contributed by atoms with Crippen molar-refractivity contribution < 1.29 is 4.79 Å². The molecule has 4 nitrogen and oxygen atoms in total. The van der Waals surface area contributed by atoms with Crippen molar-refractivity contribution in [1.29, 1.82) is 0 Å². The number of nitrogens with two attached hydrogens (primary N) is 1. The molecule has 5 heteroatoms. The number of amides is 1. The second-order valence-electron chi connectivity index (χ2n) is 4.32. The summed E-state index contributed by atoms with van der Waals surface area (Å²) in [4.78, 5) is 15.2. The van der Waals surface area contributed by atoms with E-state index < -0.39 is 0 Å². The zero-order valence-corrected chi connectivity index (χ0v) is 11.0. The first kappa shape index (κ1) is 11.8. The smallest absolute Gasteiger partial charge is 0.253 e. The first-order valence-electron chi connectivity index (χ1n) is 5.90. The van der Waals surface area contributed by atoms with Gasteiger partial charge in [-0.1, -0.05) is 0 Å². The van der Waals surface area contributed by atoms with Crippen molar-refractivity contribution in [2.75, 3.05) is 5.73 Å². The number of aromatic nitrogens is 1. The molecule has 0 aliphatic heterocycles. The van der Waals surface area contributed by atoms with Crippen LogP contribution in [-0.2, 0) is 6.54 Å². The van der Waals surface area contributed by atoms with Crippen LogP contribution in [0.5, 0.6) is 0 Å². The largest absolute Gasteiger partial charge is 0.399 e. The van der Waals surface area contributed by atoms with E-state index in [0.29, 0.717) is 17.8 Å². The Morgan fingerprint density at radius 1 is 1.37 bits per heavy atom. The minimum absolute atomic E-state index is 0.0944. The van der Waals surface area contributed by atoms with Crippen LogP contribution in [0.3, 0.4) is 0 Å². The topological polar surface area (TPSA) is 70.9 Å². The van der Waals surface area contributed by atoms with E-state index in [2.05, 4.69) is 10.3 Å². The van der Waals surface area contributed by atoms with Gasteiger partial charge >= 0.3 is 0 Å². The van der Waals surface area contributed by atoms with Gasteiger partial charge in [0.05, 0.1) is 5.56 Å². The number of H-pyrrole nitrogens is 1. The highest BCUT2D eigenvalue weighted by molar-refractivity contribution is 7.07. The Labute approximate surface area is 114 Å². The molecule has 0 fully saturated rings. The molecule has 96 valence electrons. The highest BCUT2D eigenvalue weighted by Crippen LogP contribution is 2.21. The predicted octanol–water partition coefficient (Wildman–Crippen LogP) is 2.74. The monoisotopic (exact) mass is 271 g/mol. The van der Waals surface area contributed by atoms with Gasteiger partial charge < -0.3 is 16.0 Å². The zero-order valence-electron chi connectivity index (χ0n) is 10.1. The van der Waals surface area contributed by atoms with Crippen LogP contribution in [0, 0.1) is 0 Å². The molecule has 0 spiro atoms. The second kappa shape index (κ2) is 4.78. The summed E-state index contributed by atoms with van der Waals surface area (Å²) in [6.07, 6.45) is 1.72. The fraction of sp³-hybridized carbons (Fsp3) is 0.0714. The number of hydrogen-bond donors (Lipinski definition) is 3. The highest BCUT2D eigenvalue weighted by atomic mass is 32.1. The lowest BCUT2D eigenvalue weighted by atomic mass is 10.1. The minimum Gasteiger partial charge on any atom is -0.399 e. The Morgan fingerprint density at radius 2 is 2.26 bits per heavy atom. The molecule has 1 aromatic carbocycles. The molecule has 2 aromatic heterocycles. The Balaban J connectivity index is 1.83. The van der Waals surface area contributed by atoms with Gasteiger partial charge in [-0.05, 0) is 40.6 Å². The molecule has 3 rings (SSSR count). The molecule has 0 saturated heterocycles. The molecule has 0 aliphatic rings. The molecule has 3 aromatic rings. The maximum atomic E-state index is 12.2. The predicted molar refractivity (Wildman–Crippen MR) is 78.2 cm³/mol. The third-order valence-corrected chi connectivity index (χ3v) is 3.72. The van der Waals surface area contributed by atoms with Gasteiger partial charge in [0.1, 0.15) is 0 Å². The average molecular weight is 271 g/mol. The van der Waals surface area contributed by atoms with Crippen molar-refractivity contribution in [3.8, 4) is 0 Å². The van der Waals surface area contributed by atoms with Crippen molar-refractivity contribution in [2.45, 2.75) is 6.54 Å². The summed E-state index contributed by atoms with van der Waals surface area (Å²) in [6, 6.07) is 7.50. The quantitative estimate of drug-likeness (QED) is 0.641. The van der Waals surface area contributed by atoms with Gasteiger partial charge in [-0.3, -0.25) is 4.79 Å². The van der Waals surface area contributed by atoms with Crippen LogP contribution >= 0.6 is 11.3 Å². The number of anilines is 1. The van der Waals surface area contributed by atoms with Crippen LogP contribution in [-0.4, -0.2) is 10.9 Å². The van der Waals surface area contributed by atoms with Crippen LogP contribution in [0.25, 0.3) is 10.9 Å². The Bertz CT molecular complexity index is 715. The van der Waals surface area contributed by atoms with Crippen molar-refractivity contribution in [3.05, 3.63) is 52.3 Å². The molecule has 2 heterocycles. The van der Waals surface area contributed by atoms with Crippen LogP contribution < -0.4 is 11.1 Å². The van der Waals surface area contributed by atoms with E-state index in [4.69, 9.17) is 5.73 Å². The van der Waals surface area contributed by atoms with E-state index in [1.807, 2.05) is 35.0 Å². The standard InChI is InChI=1S/C14H13N3OS/c15-10-1-2-13-11(5-10)12(7-16-13)14(18)17-6-9-3-4-19-8-9/h1-5,7-8,16H,6,15H2,(H,17,18). The average Bonchev–Trinajstić information content (AvgIpc) is 3.04. The number of nitrogens with one attached hydrogen (secondary N) is 2. The molecular formula is C14H13N3OS. The fourth-order valence-electron chi connectivity index (χ4n) is 2.00. The van der Waals surface area contributed by atoms with E-state index in [1.165, 1.54) is 0 Å². The number of rotatable bonds is 3. The summed E-state index contributed by atoms with van der Waals surface area (Å²) in [5, 5.41) is 7.77. The number of carbonyl (C=O) groups excluding carboxylic acids is 1. The van der Waals surface area contributed by atoms with Crippen molar-refractivity contribution in [1.82, 2.24) is 10.3 Å². The molecular weight excluding hydrogens is 258 g/mol. The number of thiophene rings is 1. The molecule has 4 N–H and O–H groups in total. The lowest BCUT2D eigenvalue weighted by Gasteiger charge is -2.03. The molecule has 0 saturated carbocycles. The molecule has 0 radical (unpaired) electrons. The van der Waals surface area contributed by atoms with E-state index >= 15 is 0 Å². The number of nitrogen functional groups attached to an aromatic ring is 1. The van der Waals surface area contributed by atoms with Gasteiger partial charge in [-0.25, -0.2) is 0 Å². The minimum atomic E-state index is -0.0944. The highest BCUT2D eigenvalue weighted by Gasteiger charge is 2.11. The van der Waals surface area contributed by atoms with E-state index in [9.17, 15) is 4.79 Å². The Kier molecular flexibility index (Phi) is 2.97. The van der Waals surface area contributed by atoms with Crippen LogP contribution in [0.15, 0.2) is 41.2 Å². The summed E-state index contributed by atoms with van der Waals surface area (Å²) in [6.45, 7) is 0.539. The van der Waals surface area contributed by atoms with Gasteiger partial charge in [0.25, 0.3) is 5.91 Å². The van der Waals surface area contributed by atoms with Crippen molar-refractivity contribution in [2.24, 2.45) is 0 Å². The normalized spacial score (nSPS) is 10.7. The summed E-state index contributed by atoms with van der Waals surface area (Å²) < 4.78 is 0. The summed E-state index contributed by atoms with van der Waals surface area (Å²) in [5.74, 6) is -0.0944. The summed E-state index contributed by atoms with van der Waals surface area (Å²) in [7, 11) is 0. The van der Waals surface area contributed by atoms with Gasteiger partial charge in [-0.15, -0.1) is 0 Å². The third kappa shape index (κ3) is 2.32. The van der Waals surface area contributed by atoms with Gasteiger partial charge in [0.15, 0.2) is 0 Å². The number of fused-ring (bicyclic) bond motifs is 1. The number of carbonyl (C=O) groups is 1. The third-order valence-electron chi connectivity index (χ3n) is 2.98. The molecule has 19 heavy (non-hydrogen) atoms. The van der Waals surface area contributed by atoms with Gasteiger partial charge in [0.2, 0.25) is 0 Å². The van der Waals surface area contributed by atoms with Crippen LogP contribution in [0.2, 0.25) is 0 Å². The lowest BCUT2D eigenvalue weighted by molar-refractivity contribution is 0.0952.